The zero-order valence-electron chi connectivity index (χ0n) is 17.9. The van der Waals surface area contributed by atoms with Gasteiger partial charge in [-0.15, -0.1) is 0 Å². The number of hydrogen-bond donors (Lipinski definition) is 0. The molecule has 30 heavy (non-hydrogen) atoms. The average molecular weight is 401 g/mol. The Kier molecular flexibility index (Phi) is 6.03. The molecule has 1 aromatic heterocycles. The summed E-state index contributed by atoms with van der Waals surface area (Å²) in [5.74, 6) is 2.61. The van der Waals surface area contributed by atoms with Crippen LogP contribution in [0.2, 0.25) is 0 Å². The number of aromatic nitrogens is 2. The van der Waals surface area contributed by atoms with E-state index in [4.69, 9.17) is 14.5 Å². The Morgan fingerprint density at radius 3 is 2.43 bits per heavy atom. The first-order chi connectivity index (χ1) is 14.7. The highest BCUT2D eigenvalue weighted by Crippen LogP contribution is 2.29. The van der Waals surface area contributed by atoms with Crippen molar-refractivity contribution in [2.45, 2.75) is 33.2 Å². The highest BCUT2D eigenvalue weighted by atomic mass is 16.5. The van der Waals surface area contributed by atoms with E-state index in [1.165, 1.54) is 22.2 Å². The second-order valence-electron chi connectivity index (χ2n) is 7.60. The maximum atomic E-state index is 5.93. The number of rotatable bonds is 8. The van der Waals surface area contributed by atoms with Crippen molar-refractivity contribution in [3.8, 4) is 22.9 Å². The van der Waals surface area contributed by atoms with Gasteiger partial charge in [-0.2, -0.15) is 0 Å². The summed E-state index contributed by atoms with van der Waals surface area (Å²) in [7, 11) is 1.67. The van der Waals surface area contributed by atoms with E-state index < -0.39 is 0 Å². The van der Waals surface area contributed by atoms with E-state index in [9.17, 15) is 0 Å². The van der Waals surface area contributed by atoms with Gasteiger partial charge in [0.1, 0.15) is 5.82 Å². The van der Waals surface area contributed by atoms with Crippen molar-refractivity contribution >= 4 is 11.0 Å². The molecule has 0 bridgehead atoms. The molecule has 0 aliphatic heterocycles. The lowest BCUT2D eigenvalue weighted by Crippen LogP contribution is -2.05. The summed E-state index contributed by atoms with van der Waals surface area (Å²) in [6, 6.07) is 22.7. The fourth-order valence-corrected chi connectivity index (χ4v) is 3.86. The van der Waals surface area contributed by atoms with Crippen LogP contribution in [0.3, 0.4) is 0 Å². The van der Waals surface area contributed by atoms with Crippen molar-refractivity contribution < 1.29 is 9.47 Å². The number of benzene rings is 3. The summed E-state index contributed by atoms with van der Waals surface area (Å²) in [4.78, 5) is 4.96. The molecule has 1 heterocycles. The molecule has 0 unspecified atom stereocenters. The van der Waals surface area contributed by atoms with Crippen molar-refractivity contribution in [3.63, 3.8) is 0 Å². The van der Waals surface area contributed by atoms with Crippen LogP contribution in [-0.4, -0.2) is 23.3 Å². The Bertz CT molecular complexity index is 1150. The van der Waals surface area contributed by atoms with Gasteiger partial charge in [-0.3, -0.25) is 0 Å². The Morgan fingerprint density at radius 1 is 0.867 bits per heavy atom. The van der Waals surface area contributed by atoms with Crippen LogP contribution < -0.4 is 9.47 Å². The third-order valence-electron chi connectivity index (χ3n) is 5.38. The molecule has 4 nitrogen and oxygen atoms in total. The monoisotopic (exact) mass is 400 g/mol. The Labute approximate surface area is 178 Å². The van der Waals surface area contributed by atoms with Crippen molar-refractivity contribution in [1.29, 1.82) is 0 Å². The first kappa shape index (κ1) is 20.0. The van der Waals surface area contributed by atoms with Crippen molar-refractivity contribution in [3.05, 3.63) is 77.9 Å². The predicted molar refractivity (Wildman–Crippen MR) is 122 cm³/mol. The first-order valence-corrected chi connectivity index (χ1v) is 10.5. The quantitative estimate of drug-likeness (QED) is 0.331. The Balaban J connectivity index is 1.49. The molecule has 0 N–H and O–H groups in total. The van der Waals surface area contributed by atoms with Gasteiger partial charge in [0.2, 0.25) is 0 Å². The van der Waals surface area contributed by atoms with Gasteiger partial charge in [-0.25, -0.2) is 4.98 Å². The normalized spacial score (nSPS) is 11.0. The van der Waals surface area contributed by atoms with E-state index in [-0.39, 0.29) is 0 Å². The molecule has 4 aromatic rings. The highest BCUT2D eigenvalue weighted by Gasteiger charge is 2.14. The number of para-hydroxylation sites is 4. The number of nitrogens with zero attached hydrogens (tertiary/aromatic N) is 2. The summed E-state index contributed by atoms with van der Waals surface area (Å²) in [5, 5.41) is 0. The molecular weight excluding hydrogens is 372 g/mol. The SMILES string of the molecule is COc1ccccc1OCCCCn1c(-c2ccc(C)cc2C)nc2ccccc21. The standard InChI is InChI=1S/C26H28N2O2/c1-19-14-15-21(20(2)18-19)26-27-22-10-4-5-11-23(22)28(26)16-8-9-17-30-25-13-7-6-12-24(25)29-3/h4-7,10-15,18H,8-9,16-17H2,1-3H3. The number of aryl methyl sites for hydroxylation is 3. The summed E-state index contributed by atoms with van der Waals surface area (Å²) in [6.45, 7) is 5.85. The Morgan fingerprint density at radius 2 is 1.63 bits per heavy atom. The van der Waals surface area contributed by atoms with Gasteiger partial charge < -0.3 is 14.0 Å². The van der Waals surface area contributed by atoms with Gasteiger partial charge in [0.15, 0.2) is 11.5 Å². The van der Waals surface area contributed by atoms with E-state index in [0.29, 0.717) is 6.61 Å². The molecule has 0 saturated heterocycles. The van der Waals surface area contributed by atoms with Gasteiger partial charge >= 0.3 is 0 Å². The van der Waals surface area contributed by atoms with Gasteiger partial charge in [0, 0.05) is 12.1 Å². The molecule has 0 spiro atoms. The minimum atomic E-state index is 0.659. The van der Waals surface area contributed by atoms with Crippen LogP contribution >= 0.6 is 0 Å². The molecule has 0 aliphatic rings. The molecule has 0 amide bonds. The third-order valence-corrected chi connectivity index (χ3v) is 5.38. The number of ether oxygens (including phenoxy) is 2. The lowest BCUT2D eigenvalue weighted by Gasteiger charge is -2.13. The molecule has 0 aliphatic carbocycles. The zero-order valence-corrected chi connectivity index (χ0v) is 17.9. The second-order valence-corrected chi connectivity index (χ2v) is 7.60. The van der Waals surface area contributed by atoms with Gasteiger partial charge in [0.25, 0.3) is 0 Å². The average Bonchev–Trinajstić information content (AvgIpc) is 3.12. The van der Waals surface area contributed by atoms with E-state index in [2.05, 4.69) is 54.8 Å². The van der Waals surface area contributed by atoms with E-state index >= 15 is 0 Å². The van der Waals surface area contributed by atoms with Crippen LogP contribution in [0.4, 0.5) is 0 Å². The summed E-state index contributed by atoms with van der Waals surface area (Å²) < 4.78 is 13.6. The molecule has 3 aromatic carbocycles. The Hall–Kier alpha value is -3.27. The summed E-state index contributed by atoms with van der Waals surface area (Å²) in [6.07, 6.45) is 1.96. The van der Waals surface area contributed by atoms with Crippen molar-refractivity contribution in [2.75, 3.05) is 13.7 Å². The number of hydrogen-bond acceptors (Lipinski definition) is 3. The maximum absolute atomic E-state index is 5.93. The summed E-state index contributed by atoms with van der Waals surface area (Å²) >= 11 is 0. The first-order valence-electron chi connectivity index (χ1n) is 10.5. The van der Waals surface area contributed by atoms with E-state index in [1.54, 1.807) is 7.11 Å². The number of imidazole rings is 1. The second kappa shape index (κ2) is 9.04. The van der Waals surface area contributed by atoms with Crippen LogP contribution in [-0.2, 0) is 6.54 Å². The largest absolute Gasteiger partial charge is 0.493 e. The van der Waals surface area contributed by atoms with Crippen LogP contribution in [0, 0.1) is 13.8 Å². The van der Waals surface area contributed by atoms with Gasteiger partial charge in [0.05, 0.1) is 24.8 Å². The highest BCUT2D eigenvalue weighted by molar-refractivity contribution is 5.81. The van der Waals surface area contributed by atoms with Crippen LogP contribution in [0.25, 0.3) is 22.4 Å². The number of fused-ring (bicyclic) bond motifs is 1. The number of unbranched alkanes of at least 4 members (excludes halogenated alkanes) is 1. The fourth-order valence-electron chi connectivity index (χ4n) is 3.86. The van der Waals surface area contributed by atoms with Crippen LogP contribution in [0.15, 0.2) is 66.7 Å². The van der Waals surface area contributed by atoms with Crippen molar-refractivity contribution in [2.24, 2.45) is 0 Å². The smallest absolute Gasteiger partial charge is 0.161 e. The van der Waals surface area contributed by atoms with Crippen LogP contribution in [0.1, 0.15) is 24.0 Å². The molecule has 0 saturated carbocycles. The van der Waals surface area contributed by atoms with Crippen molar-refractivity contribution in [1.82, 2.24) is 9.55 Å². The van der Waals surface area contributed by atoms with E-state index in [1.807, 2.05) is 30.3 Å². The lowest BCUT2D eigenvalue weighted by atomic mass is 10.1. The molecule has 0 radical (unpaired) electrons. The minimum Gasteiger partial charge on any atom is -0.493 e. The molecule has 4 rings (SSSR count). The molecule has 154 valence electrons. The lowest BCUT2D eigenvalue weighted by molar-refractivity contribution is 0.284. The maximum Gasteiger partial charge on any atom is 0.161 e. The topological polar surface area (TPSA) is 36.3 Å². The molecule has 0 atom stereocenters. The molecule has 4 heteroatoms. The minimum absolute atomic E-state index is 0.659. The zero-order chi connectivity index (χ0) is 20.9. The third kappa shape index (κ3) is 4.18. The predicted octanol–water partition coefficient (Wildman–Crippen LogP) is 6.19. The number of methoxy groups -OCH3 is 1. The van der Waals surface area contributed by atoms with Gasteiger partial charge in [-0.1, -0.05) is 48.0 Å². The summed E-state index contributed by atoms with van der Waals surface area (Å²) in [5.41, 5.74) is 5.94. The fraction of sp³-hybridized carbons (Fsp3) is 0.269. The van der Waals surface area contributed by atoms with Gasteiger partial charge in [-0.05, 0) is 56.5 Å². The molecular formula is C26H28N2O2. The van der Waals surface area contributed by atoms with E-state index in [0.717, 1.165) is 42.2 Å². The van der Waals surface area contributed by atoms with Crippen LogP contribution in [0.5, 0.6) is 11.5 Å². The molecule has 0 fully saturated rings.